The van der Waals surface area contributed by atoms with Crippen molar-refractivity contribution in [3.63, 3.8) is 0 Å². The van der Waals surface area contributed by atoms with Crippen molar-refractivity contribution in [2.24, 2.45) is 16.8 Å². The summed E-state index contributed by atoms with van der Waals surface area (Å²) in [5, 5.41) is 12.3. The van der Waals surface area contributed by atoms with Gasteiger partial charge in [-0.1, -0.05) is 36.5 Å². The number of benzene rings is 1. The summed E-state index contributed by atoms with van der Waals surface area (Å²) in [7, 11) is 0. The van der Waals surface area contributed by atoms with E-state index in [1.807, 2.05) is 18.2 Å². The number of amidine groups is 1. The third kappa shape index (κ3) is 4.03. The molecular weight excluding hydrogens is 286 g/mol. The zero-order valence-electron chi connectivity index (χ0n) is 12.6. The molecule has 1 heterocycles. The van der Waals surface area contributed by atoms with E-state index in [1.165, 1.54) is 32.1 Å². The van der Waals surface area contributed by atoms with Crippen LogP contribution in [0.5, 0.6) is 0 Å². The molecule has 4 nitrogen and oxygen atoms in total. The Morgan fingerprint density at radius 1 is 1.43 bits per heavy atom. The minimum atomic E-state index is 0.0467. The highest BCUT2D eigenvalue weighted by atomic mass is 35.5. The highest BCUT2D eigenvalue weighted by molar-refractivity contribution is 6.34. The Bertz CT molecular complexity index is 504. The molecule has 1 aliphatic heterocycles. The summed E-state index contributed by atoms with van der Waals surface area (Å²) in [5.74, 6) is 0.900. The molecule has 2 rings (SSSR count). The van der Waals surface area contributed by atoms with Gasteiger partial charge in [-0.25, -0.2) is 0 Å². The Morgan fingerprint density at radius 2 is 2.24 bits per heavy atom. The summed E-state index contributed by atoms with van der Waals surface area (Å²) in [6.45, 7) is 4.40. The Morgan fingerprint density at radius 3 is 2.90 bits per heavy atom. The molecule has 1 aromatic carbocycles. The number of nitrogens with zero attached hydrogens (tertiary/aromatic N) is 2. The SMILES string of the molecule is CCCC1CCCN(c2ccc(C(N)=NO)c(Cl)c2)CC1. The zero-order valence-corrected chi connectivity index (χ0v) is 13.3. The van der Waals surface area contributed by atoms with Gasteiger partial charge < -0.3 is 15.8 Å². The molecule has 0 amide bonds. The lowest BCUT2D eigenvalue weighted by Gasteiger charge is -2.23. The molecule has 0 aliphatic carbocycles. The molecule has 5 heteroatoms. The van der Waals surface area contributed by atoms with Gasteiger partial charge in [0, 0.05) is 24.3 Å². The van der Waals surface area contributed by atoms with Crippen molar-refractivity contribution in [3.05, 3.63) is 28.8 Å². The van der Waals surface area contributed by atoms with E-state index in [0.717, 1.165) is 24.7 Å². The first-order valence-corrected chi connectivity index (χ1v) is 8.06. The van der Waals surface area contributed by atoms with Crippen LogP contribution in [0.2, 0.25) is 5.02 Å². The topological polar surface area (TPSA) is 61.8 Å². The summed E-state index contributed by atoms with van der Waals surface area (Å²) in [5.41, 5.74) is 7.29. The summed E-state index contributed by atoms with van der Waals surface area (Å²) >= 11 is 6.24. The Balaban J connectivity index is 2.10. The summed E-state index contributed by atoms with van der Waals surface area (Å²) in [6, 6.07) is 5.73. The molecular formula is C16H24ClN3O. The van der Waals surface area contributed by atoms with Crippen molar-refractivity contribution in [1.82, 2.24) is 0 Å². The minimum Gasteiger partial charge on any atom is -0.409 e. The first-order valence-electron chi connectivity index (χ1n) is 7.68. The van der Waals surface area contributed by atoms with E-state index in [-0.39, 0.29) is 5.84 Å². The fourth-order valence-corrected chi connectivity index (χ4v) is 3.35. The monoisotopic (exact) mass is 309 g/mol. The zero-order chi connectivity index (χ0) is 15.2. The van der Waals surface area contributed by atoms with Crippen molar-refractivity contribution in [2.45, 2.75) is 39.0 Å². The molecule has 3 N–H and O–H groups in total. The average Bonchev–Trinajstić information content (AvgIpc) is 2.72. The van der Waals surface area contributed by atoms with Gasteiger partial charge in [-0.05, 0) is 43.4 Å². The van der Waals surface area contributed by atoms with Gasteiger partial charge in [0.1, 0.15) is 0 Å². The molecule has 116 valence electrons. The van der Waals surface area contributed by atoms with Gasteiger partial charge in [0.25, 0.3) is 0 Å². The second kappa shape index (κ2) is 7.55. The van der Waals surface area contributed by atoms with Crippen molar-refractivity contribution in [3.8, 4) is 0 Å². The Kier molecular flexibility index (Phi) is 5.74. The molecule has 0 radical (unpaired) electrons. The lowest BCUT2D eigenvalue weighted by molar-refractivity contribution is 0.318. The molecule has 1 atom stereocenters. The molecule has 1 saturated heterocycles. The highest BCUT2D eigenvalue weighted by Crippen LogP contribution is 2.28. The van der Waals surface area contributed by atoms with Crippen molar-refractivity contribution < 1.29 is 5.21 Å². The van der Waals surface area contributed by atoms with Gasteiger partial charge in [-0.3, -0.25) is 0 Å². The molecule has 1 unspecified atom stereocenters. The van der Waals surface area contributed by atoms with E-state index >= 15 is 0 Å². The lowest BCUT2D eigenvalue weighted by Crippen LogP contribution is -2.24. The van der Waals surface area contributed by atoms with Gasteiger partial charge in [0.15, 0.2) is 5.84 Å². The van der Waals surface area contributed by atoms with E-state index in [0.29, 0.717) is 10.6 Å². The van der Waals surface area contributed by atoms with Crippen LogP contribution >= 0.6 is 11.6 Å². The van der Waals surface area contributed by atoms with Crippen molar-refractivity contribution >= 4 is 23.1 Å². The van der Waals surface area contributed by atoms with Crippen LogP contribution in [0.25, 0.3) is 0 Å². The van der Waals surface area contributed by atoms with E-state index < -0.39 is 0 Å². The maximum absolute atomic E-state index is 8.74. The fraction of sp³-hybridized carbons (Fsp3) is 0.562. The molecule has 21 heavy (non-hydrogen) atoms. The largest absolute Gasteiger partial charge is 0.409 e. The number of oxime groups is 1. The molecule has 1 aromatic rings. The van der Waals surface area contributed by atoms with Crippen LogP contribution in [0.15, 0.2) is 23.4 Å². The first-order chi connectivity index (χ1) is 10.2. The number of anilines is 1. The van der Waals surface area contributed by atoms with E-state index in [2.05, 4.69) is 17.0 Å². The predicted molar refractivity (Wildman–Crippen MR) is 88.4 cm³/mol. The Hall–Kier alpha value is -1.42. The predicted octanol–water partition coefficient (Wildman–Crippen LogP) is 3.84. The van der Waals surface area contributed by atoms with Gasteiger partial charge in [0.05, 0.1) is 5.02 Å². The average molecular weight is 310 g/mol. The molecule has 1 fully saturated rings. The smallest absolute Gasteiger partial charge is 0.171 e. The summed E-state index contributed by atoms with van der Waals surface area (Å²) < 4.78 is 0. The van der Waals surface area contributed by atoms with E-state index in [9.17, 15) is 0 Å². The van der Waals surface area contributed by atoms with E-state index in [4.69, 9.17) is 22.5 Å². The molecule has 0 saturated carbocycles. The van der Waals surface area contributed by atoms with Crippen LogP contribution in [0, 0.1) is 5.92 Å². The Labute approximate surface area is 131 Å². The highest BCUT2D eigenvalue weighted by Gasteiger charge is 2.17. The maximum atomic E-state index is 8.74. The minimum absolute atomic E-state index is 0.0467. The number of halogens is 1. The normalized spacial score (nSPS) is 20.4. The standard InChI is InChI=1S/C16H24ClN3O/c1-2-4-12-5-3-9-20(10-8-12)13-6-7-14(15(17)11-13)16(18)19-21/h6-7,11-12,21H,2-5,8-10H2,1H3,(H2,18,19). The van der Waals surface area contributed by atoms with Gasteiger partial charge in [0.2, 0.25) is 0 Å². The molecule has 0 aromatic heterocycles. The number of rotatable bonds is 4. The van der Waals surface area contributed by atoms with Gasteiger partial charge in [-0.2, -0.15) is 0 Å². The van der Waals surface area contributed by atoms with Crippen molar-refractivity contribution in [1.29, 1.82) is 0 Å². The van der Waals surface area contributed by atoms with Crippen LogP contribution < -0.4 is 10.6 Å². The van der Waals surface area contributed by atoms with Crippen LogP contribution in [-0.2, 0) is 0 Å². The van der Waals surface area contributed by atoms with E-state index in [1.54, 1.807) is 0 Å². The third-order valence-electron chi connectivity index (χ3n) is 4.25. The van der Waals surface area contributed by atoms with Crippen molar-refractivity contribution in [2.75, 3.05) is 18.0 Å². The second-order valence-electron chi connectivity index (χ2n) is 5.72. The van der Waals surface area contributed by atoms with Crippen LogP contribution in [0.4, 0.5) is 5.69 Å². The van der Waals surface area contributed by atoms with Crippen LogP contribution in [-0.4, -0.2) is 24.1 Å². The third-order valence-corrected chi connectivity index (χ3v) is 4.56. The first kappa shape index (κ1) is 16.0. The molecule has 0 bridgehead atoms. The maximum Gasteiger partial charge on any atom is 0.171 e. The molecule has 1 aliphatic rings. The molecule has 0 spiro atoms. The summed E-state index contributed by atoms with van der Waals surface area (Å²) in [6.07, 6.45) is 6.39. The van der Waals surface area contributed by atoms with Gasteiger partial charge in [-0.15, -0.1) is 0 Å². The van der Waals surface area contributed by atoms with Crippen LogP contribution in [0.3, 0.4) is 0 Å². The van der Waals surface area contributed by atoms with Gasteiger partial charge >= 0.3 is 0 Å². The quantitative estimate of drug-likeness (QED) is 0.384. The summed E-state index contributed by atoms with van der Waals surface area (Å²) in [4.78, 5) is 2.39. The number of hydrogen-bond donors (Lipinski definition) is 2. The number of nitrogens with two attached hydrogens (primary N) is 1. The second-order valence-corrected chi connectivity index (χ2v) is 6.13. The number of hydrogen-bond acceptors (Lipinski definition) is 3. The fourth-order valence-electron chi connectivity index (χ4n) is 3.08. The lowest BCUT2D eigenvalue weighted by atomic mass is 9.96. The van der Waals surface area contributed by atoms with Crippen LogP contribution in [0.1, 0.15) is 44.6 Å².